The van der Waals surface area contributed by atoms with Gasteiger partial charge in [-0.25, -0.2) is 4.79 Å². The number of benzene rings is 1. The lowest BCUT2D eigenvalue weighted by molar-refractivity contribution is -0.118. The molecule has 1 saturated heterocycles. The number of amides is 2. The second-order valence-electron chi connectivity index (χ2n) is 4.81. The zero-order valence-corrected chi connectivity index (χ0v) is 11.9. The van der Waals surface area contributed by atoms with E-state index in [1.54, 1.807) is 36.3 Å². The van der Waals surface area contributed by atoms with Crippen LogP contribution in [0.3, 0.4) is 0 Å². The third-order valence-electron chi connectivity index (χ3n) is 3.23. The zero-order valence-electron chi connectivity index (χ0n) is 11.9. The molecule has 0 aromatic heterocycles. The van der Waals surface area contributed by atoms with Gasteiger partial charge in [-0.15, -0.1) is 0 Å². The van der Waals surface area contributed by atoms with Gasteiger partial charge in [0.1, 0.15) is 11.5 Å². The second-order valence-corrected chi connectivity index (χ2v) is 4.81. The first kappa shape index (κ1) is 15.1. The minimum absolute atomic E-state index is 0.125. The molecule has 1 unspecified atom stereocenters. The number of nitrogens with zero attached hydrogens (tertiary/aromatic N) is 1. The molecule has 0 bridgehead atoms. The van der Waals surface area contributed by atoms with Crippen molar-refractivity contribution in [2.75, 3.05) is 26.7 Å². The van der Waals surface area contributed by atoms with Gasteiger partial charge >= 0.3 is 6.09 Å². The average Bonchev–Trinajstić information content (AvgIpc) is 2.47. The highest BCUT2D eigenvalue weighted by atomic mass is 16.6. The summed E-state index contributed by atoms with van der Waals surface area (Å²) in [6.45, 7) is 1.54. The first-order chi connectivity index (χ1) is 10.1. The SMILES string of the molecule is COc1ccc(OC(=O)N2CCNC(CC(N)=O)C2)cc1. The summed E-state index contributed by atoms with van der Waals surface area (Å²) >= 11 is 0. The molecule has 1 aliphatic heterocycles. The highest BCUT2D eigenvalue weighted by molar-refractivity contribution is 5.75. The van der Waals surface area contributed by atoms with Gasteiger partial charge in [0, 0.05) is 32.1 Å². The van der Waals surface area contributed by atoms with E-state index in [2.05, 4.69) is 5.32 Å². The molecule has 0 spiro atoms. The summed E-state index contributed by atoms with van der Waals surface area (Å²) in [5.41, 5.74) is 5.17. The largest absolute Gasteiger partial charge is 0.497 e. The molecule has 2 rings (SSSR count). The topological polar surface area (TPSA) is 93.9 Å². The fourth-order valence-electron chi connectivity index (χ4n) is 2.18. The first-order valence-electron chi connectivity index (χ1n) is 6.71. The standard InChI is InChI=1S/C14H19N3O4/c1-20-11-2-4-12(5-3-11)21-14(19)17-7-6-16-10(9-17)8-13(15)18/h2-5,10,16H,6-9H2,1H3,(H2,15,18). The molecule has 0 radical (unpaired) electrons. The molecule has 0 saturated carbocycles. The number of hydrogen-bond donors (Lipinski definition) is 2. The maximum atomic E-state index is 12.1. The van der Waals surface area contributed by atoms with Crippen molar-refractivity contribution in [2.45, 2.75) is 12.5 Å². The lowest BCUT2D eigenvalue weighted by Crippen LogP contribution is -2.54. The summed E-state index contributed by atoms with van der Waals surface area (Å²) in [6.07, 6.45) is -0.233. The Kier molecular flexibility index (Phi) is 4.99. The van der Waals surface area contributed by atoms with Crippen LogP contribution >= 0.6 is 0 Å². The van der Waals surface area contributed by atoms with Crippen LogP contribution in [0.25, 0.3) is 0 Å². The van der Waals surface area contributed by atoms with Crippen LogP contribution in [0.2, 0.25) is 0 Å². The molecule has 1 fully saturated rings. The Labute approximate surface area is 123 Å². The predicted octanol–water partition coefficient (Wildman–Crippen LogP) is 0.343. The Morgan fingerprint density at radius 3 is 2.62 bits per heavy atom. The quantitative estimate of drug-likeness (QED) is 0.835. The molecular weight excluding hydrogens is 274 g/mol. The van der Waals surface area contributed by atoms with Crippen molar-refractivity contribution in [3.05, 3.63) is 24.3 Å². The lowest BCUT2D eigenvalue weighted by atomic mass is 10.1. The molecule has 1 atom stereocenters. The van der Waals surface area contributed by atoms with Gasteiger partial charge < -0.3 is 25.4 Å². The van der Waals surface area contributed by atoms with Gasteiger partial charge in [0.2, 0.25) is 5.91 Å². The van der Waals surface area contributed by atoms with Crippen molar-refractivity contribution in [3.63, 3.8) is 0 Å². The van der Waals surface area contributed by atoms with Crippen molar-refractivity contribution in [1.82, 2.24) is 10.2 Å². The summed E-state index contributed by atoms with van der Waals surface area (Å²) in [7, 11) is 1.57. The van der Waals surface area contributed by atoms with Gasteiger partial charge in [0.15, 0.2) is 0 Å². The number of nitrogens with one attached hydrogen (secondary N) is 1. The van der Waals surface area contributed by atoms with Crippen LogP contribution in [0.4, 0.5) is 4.79 Å². The molecule has 1 heterocycles. The van der Waals surface area contributed by atoms with Crippen LogP contribution in [-0.4, -0.2) is 49.7 Å². The zero-order chi connectivity index (χ0) is 15.2. The number of methoxy groups -OCH3 is 1. The maximum absolute atomic E-state index is 12.1. The molecule has 114 valence electrons. The number of hydrogen-bond acceptors (Lipinski definition) is 5. The molecule has 1 aliphatic rings. The van der Waals surface area contributed by atoms with Crippen molar-refractivity contribution in [3.8, 4) is 11.5 Å². The van der Waals surface area contributed by atoms with Gasteiger partial charge in [-0.2, -0.15) is 0 Å². The van der Waals surface area contributed by atoms with E-state index in [1.165, 1.54) is 0 Å². The molecular formula is C14H19N3O4. The fourth-order valence-corrected chi connectivity index (χ4v) is 2.18. The number of piperazine rings is 1. The van der Waals surface area contributed by atoms with E-state index in [1.807, 2.05) is 0 Å². The number of primary amides is 1. The molecule has 7 heteroatoms. The van der Waals surface area contributed by atoms with Crippen molar-refractivity contribution >= 4 is 12.0 Å². The molecule has 0 aliphatic carbocycles. The number of rotatable bonds is 4. The van der Waals surface area contributed by atoms with Gasteiger partial charge in [0.25, 0.3) is 0 Å². The smallest absolute Gasteiger partial charge is 0.415 e. The Morgan fingerprint density at radius 2 is 2.00 bits per heavy atom. The van der Waals surface area contributed by atoms with Crippen LogP contribution in [0.15, 0.2) is 24.3 Å². The highest BCUT2D eigenvalue weighted by Gasteiger charge is 2.25. The Balaban J connectivity index is 1.91. The molecule has 7 nitrogen and oxygen atoms in total. The van der Waals surface area contributed by atoms with Crippen molar-refractivity contribution in [1.29, 1.82) is 0 Å². The third-order valence-corrected chi connectivity index (χ3v) is 3.23. The fraction of sp³-hybridized carbons (Fsp3) is 0.429. The summed E-state index contributed by atoms with van der Waals surface area (Å²) in [6, 6.07) is 6.64. The number of carbonyl (C=O) groups excluding carboxylic acids is 2. The van der Waals surface area contributed by atoms with Crippen LogP contribution in [0.5, 0.6) is 11.5 Å². The highest BCUT2D eigenvalue weighted by Crippen LogP contribution is 2.18. The molecule has 21 heavy (non-hydrogen) atoms. The number of ether oxygens (including phenoxy) is 2. The monoisotopic (exact) mass is 293 g/mol. The van der Waals surface area contributed by atoms with Crippen LogP contribution in [0.1, 0.15) is 6.42 Å². The van der Waals surface area contributed by atoms with Crippen LogP contribution < -0.4 is 20.5 Å². The van der Waals surface area contributed by atoms with Gasteiger partial charge in [-0.1, -0.05) is 0 Å². The third kappa shape index (κ3) is 4.35. The molecule has 3 N–H and O–H groups in total. The number of carbonyl (C=O) groups is 2. The normalized spacial score (nSPS) is 18.1. The summed E-state index contributed by atoms with van der Waals surface area (Å²) in [4.78, 5) is 24.6. The minimum Gasteiger partial charge on any atom is -0.497 e. The van der Waals surface area contributed by atoms with Crippen LogP contribution in [0, 0.1) is 0 Å². The van der Waals surface area contributed by atoms with E-state index < -0.39 is 12.0 Å². The predicted molar refractivity (Wildman–Crippen MR) is 76.2 cm³/mol. The Bertz CT molecular complexity index is 503. The summed E-state index contributed by atoms with van der Waals surface area (Å²) < 4.78 is 10.3. The number of nitrogens with two attached hydrogens (primary N) is 1. The van der Waals surface area contributed by atoms with Crippen molar-refractivity contribution < 1.29 is 19.1 Å². The first-order valence-corrected chi connectivity index (χ1v) is 6.71. The van der Waals surface area contributed by atoms with Gasteiger partial charge in [-0.05, 0) is 24.3 Å². The minimum atomic E-state index is -0.434. The van der Waals surface area contributed by atoms with Gasteiger partial charge in [0.05, 0.1) is 7.11 Å². The average molecular weight is 293 g/mol. The van der Waals surface area contributed by atoms with E-state index in [0.717, 1.165) is 0 Å². The van der Waals surface area contributed by atoms with E-state index in [-0.39, 0.29) is 12.5 Å². The molecule has 1 aromatic carbocycles. The molecule has 2 amide bonds. The maximum Gasteiger partial charge on any atom is 0.415 e. The summed E-state index contributed by atoms with van der Waals surface area (Å²) in [5.74, 6) is 0.752. The molecule has 1 aromatic rings. The lowest BCUT2D eigenvalue weighted by Gasteiger charge is -2.32. The van der Waals surface area contributed by atoms with Crippen LogP contribution in [-0.2, 0) is 4.79 Å². The van der Waals surface area contributed by atoms with E-state index >= 15 is 0 Å². The van der Waals surface area contributed by atoms with E-state index in [9.17, 15) is 9.59 Å². The van der Waals surface area contributed by atoms with E-state index in [0.29, 0.717) is 31.1 Å². The Hall–Kier alpha value is -2.28. The van der Waals surface area contributed by atoms with Gasteiger partial charge in [-0.3, -0.25) is 4.79 Å². The second kappa shape index (κ2) is 6.94. The summed E-state index contributed by atoms with van der Waals surface area (Å²) in [5, 5.41) is 3.15. The van der Waals surface area contributed by atoms with E-state index in [4.69, 9.17) is 15.2 Å². The Morgan fingerprint density at radius 1 is 1.33 bits per heavy atom. The van der Waals surface area contributed by atoms with Crippen molar-refractivity contribution in [2.24, 2.45) is 5.73 Å².